The van der Waals surface area contributed by atoms with Crippen molar-refractivity contribution in [1.29, 1.82) is 0 Å². The molecule has 0 bridgehead atoms. The molecule has 88 valence electrons. The van der Waals surface area contributed by atoms with Gasteiger partial charge in [0.1, 0.15) is 0 Å². The molecule has 0 amide bonds. The highest BCUT2D eigenvalue weighted by Crippen LogP contribution is 2.50. The van der Waals surface area contributed by atoms with Crippen LogP contribution in [0.25, 0.3) is 0 Å². The minimum Gasteiger partial charge on any atom is -0.380 e. The van der Waals surface area contributed by atoms with Crippen LogP contribution in [0.4, 0.5) is 8.78 Å². The van der Waals surface area contributed by atoms with E-state index in [2.05, 4.69) is 6.92 Å². The molecule has 2 nitrogen and oxygen atoms in total. The van der Waals surface area contributed by atoms with E-state index >= 15 is 0 Å². The van der Waals surface area contributed by atoms with Gasteiger partial charge in [-0.05, 0) is 19.3 Å². The van der Waals surface area contributed by atoms with E-state index in [-0.39, 0.29) is 18.3 Å². The molecule has 0 aromatic carbocycles. The van der Waals surface area contributed by atoms with Gasteiger partial charge in [-0.2, -0.15) is 0 Å². The Balaban J connectivity index is 2.08. The number of alkyl halides is 2. The monoisotopic (exact) mass is 219 g/mol. The fourth-order valence-electron chi connectivity index (χ4n) is 2.78. The number of ether oxygens (including phenoxy) is 1. The van der Waals surface area contributed by atoms with Crippen LogP contribution in [0.1, 0.15) is 39.0 Å². The maximum Gasteiger partial charge on any atom is 0.248 e. The summed E-state index contributed by atoms with van der Waals surface area (Å²) in [5.41, 5.74) is 5.85. The summed E-state index contributed by atoms with van der Waals surface area (Å²) in [6.45, 7) is 3.36. The molecule has 0 atom stereocenters. The standard InChI is InChI=1S/C11H19F2NO/c1-2-9(7-15-8-9)10(14)3-5-11(12,13)6-4-10/h2-8,14H2,1H3. The highest BCUT2D eigenvalue weighted by molar-refractivity contribution is 5.08. The van der Waals surface area contributed by atoms with E-state index in [1.807, 2.05) is 0 Å². The molecule has 0 aromatic rings. The summed E-state index contributed by atoms with van der Waals surface area (Å²) in [5, 5.41) is 0. The van der Waals surface area contributed by atoms with E-state index in [1.165, 1.54) is 0 Å². The van der Waals surface area contributed by atoms with Gasteiger partial charge in [-0.25, -0.2) is 8.78 Å². The minimum atomic E-state index is -2.50. The van der Waals surface area contributed by atoms with Crippen molar-refractivity contribution >= 4 is 0 Å². The first-order valence-electron chi connectivity index (χ1n) is 5.68. The molecule has 0 aromatic heterocycles. The van der Waals surface area contributed by atoms with E-state index in [0.29, 0.717) is 26.1 Å². The Labute approximate surface area is 89.2 Å². The molecule has 2 aliphatic rings. The lowest BCUT2D eigenvalue weighted by atomic mass is 9.60. The number of nitrogens with two attached hydrogens (primary N) is 1. The summed E-state index contributed by atoms with van der Waals surface area (Å²) >= 11 is 0. The fourth-order valence-corrected chi connectivity index (χ4v) is 2.78. The molecular weight excluding hydrogens is 200 g/mol. The van der Waals surface area contributed by atoms with Gasteiger partial charge in [0.25, 0.3) is 0 Å². The van der Waals surface area contributed by atoms with Gasteiger partial charge in [0.05, 0.1) is 13.2 Å². The maximum absolute atomic E-state index is 13.1. The second kappa shape index (κ2) is 3.39. The summed E-state index contributed by atoms with van der Waals surface area (Å²) < 4.78 is 31.4. The van der Waals surface area contributed by atoms with Gasteiger partial charge < -0.3 is 10.5 Å². The summed E-state index contributed by atoms with van der Waals surface area (Å²) in [5.74, 6) is -2.50. The van der Waals surface area contributed by atoms with Crippen molar-refractivity contribution in [2.24, 2.45) is 11.1 Å². The van der Waals surface area contributed by atoms with Crippen molar-refractivity contribution in [1.82, 2.24) is 0 Å². The summed E-state index contributed by atoms with van der Waals surface area (Å²) in [6.07, 6.45) is 1.65. The maximum atomic E-state index is 13.1. The second-order valence-corrected chi connectivity index (χ2v) is 5.14. The molecular formula is C11H19F2NO. The van der Waals surface area contributed by atoms with Crippen molar-refractivity contribution in [3.05, 3.63) is 0 Å². The lowest BCUT2D eigenvalue weighted by Gasteiger charge is -2.55. The molecule has 1 aliphatic carbocycles. The molecule has 4 heteroatoms. The molecule has 0 unspecified atom stereocenters. The topological polar surface area (TPSA) is 35.2 Å². The predicted octanol–water partition coefficient (Wildman–Crippen LogP) is 2.32. The Kier molecular flexibility index (Phi) is 2.54. The molecule has 1 aliphatic heterocycles. The quantitative estimate of drug-likeness (QED) is 0.773. The predicted molar refractivity (Wildman–Crippen MR) is 53.9 cm³/mol. The van der Waals surface area contributed by atoms with Crippen molar-refractivity contribution < 1.29 is 13.5 Å². The molecule has 15 heavy (non-hydrogen) atoms. The molecule has 1 saturated heterocycles. The van der Waals surface area contributed by atoms with Crippen LogP contribution in [0, 0.1) is 5.41 Å². The van der Waals surface area contributed by atoms with Gasteiger partial charge in [-0.1, -0.05) is 6.92 Å². The second-order valence-electron chi connectivity index (χ2n) is 5.14. The minimum absolute atomic E-state index is 0.0382. The fraction of sp³-hybridized carbons (Fsp3) is 1.00. The zero-order chi connectivity index (χ0) is 11.2. The van der Waals surface area contributed by atoms with E-state index in [1.54, 1.807) is 0 Å². The van der Waals surface area contributed by atoms with Gasteiger partial charge in [-0.15, -0.1) is 0 Å². The molecule has 0 radical (unpaired) electrons. The highest BCUT2D eigenvalue weighted by Gasteiger charge is 2.56. The van der Waals surface area contributed by atoms with E-state index < -0.39 is 11.5 Å². The lowest BCUT2D eigenvalue weighted by molar-refractivity contribution is -0.179. The number of halogens is 2. The normalized spacial score (nSPS) is 32.0. The smallest absolute Gasteiger partial charge is 0.248 e. The van der Waals surface area contributed by atoms with Gasteiger partial charge in [-0.3, -0.25) is 0 Å². The molecule has 2 rings (SSSR count). The third-order valence-corrected chi connectivity index (χ3v) is 4.36. The Morgan fingerprint density at radius 2 is 1.67 bits per heavy atom. The first-order chi connectivity index (χ1) is 6.93. The molecule has 2 N–H and O–H groups in total. The summed E-state index contributed by atoms with van der Waals surface area (Å²) in [6, 6.07) is 0. The average Bonchev–Trinajstić information content (AvgIpc) is 2.10. The molecule has 1 saturated carbocycles. The van der Waals surface area contributed by atoms with Crippen molar-refractivity contribution in [2.75, 3.05) is 13.2 Å². The van der Waals surface area contributed by atoms with Crippen LogP contribution in [-0.2, 0) is 4.74 Å². The van der Waals surface area contributed by atoms with Crippen molar-refractivity contribution in [2.45, 2.75) is 50.5 Å². The van der Waals surface area contributed by atoms with Gasteiger partial charge in [0, 0.05) is 23.8 Å². The zero-order valence-electron chi connectivity index (χ0n) is 9.19. The SMILES string of the molecule is CCC1(C2(N)CCC(F)(F)CC2)COC1. The number of hydrogen-bond donors (Lipinski definition) is 1. The van der Waals surface area contributed by atoms with Crippen LogP contribution >= 0.6 is 0 Å². The number of rotatable bonds is 2. The largest absolute Gasteiger partial charge is 0.380 e. The van der Waals surface area contributed by atoms with Crippen LogP contribution in [0.3, 0.4) is 0 Å². The summed E-state index contributed by atoms with van der Waals surface area (Å²) in [7, 11) is 0. The van der Waals surface area contributed by atoms with Crippen molar-refractivity contribution in [3.8, 4) is 0 Å². The van der Waals surface area contributed by atoms with Gasteiger partial charge in [0.2, 0.25) is 5.92 Å². The van der Waals surface area contributed by atoms with E-state index in [4.69, 9.17) is 10.5 Å². The molecule has 0 spiro atoms. The van der Waals surface area contributed by atoms with E-state index in [9.17, 15) is 8.78 Å². The van der Waals surface area contributed by atoms with Crippen LogP contribution in [-0.4, -0.2) is 24.7 Å². The lowest BCUT2D eigenvalue weighted by Crippen LogP contribution is -2.66. The first-order valence-corrected chi connectivity index (χ1v) is 5.68. The Bertz CT molecular complexity index is 235. The van der Waals surface area contributed by atoms with Crippen LogP contribution in [0.2, 0.25) is 0 Å². The first kappa shape index (κ1) is 11.3. The Morgan fingerprint density at radius 3 is 2.00 bits per heavy atom. The van der Waals surface area contributed by atoms with Crippen LogP contribution in [0.15, 0.2) is 0 Å². The third kappa shape index (κ3) is 1.68. The van der Waals surface area contributed by atoms with Crippen LogP contribution < -0.4 is 5.73 Å². The summed E-state index contributed by atoms with van der Waals surface area (Å²) in [4.78, 5) is 0. The Hall–Kier alpha value is -0.220. The van der Waals surface area contributed by atoms with Crippen molar-refractivity contribution in [3.63, 3.8) is 0 Å². The molecule has 1 heterocycles. The van der Waals surface area contributed by atoms with E-state index in [0.717, 1.165) is 6.42 Å². The van der Waals surface area contributed by atoms with Gasteiger partial charge in [0.15, 0.2) is 0 Å². The zero-order valence-corrected chi connectivity index (χ0v) is 9.19. The number of hydrogen-bond acceptors (Lipinski definition) is 2. The van der Waals surface area contributed by atoms with Crippen LogP contribution in [0.5, 0.6) is 0 Å². The van der Waals surface area contributed by atoms with Gasteiger partial charge >= 0.3 is 0 Å². The highest BCUT2D eigenvalue weighted by atomic mass is 19.3. The molecule has 2 fully saturated rings. The average molecular weight is 219 g/mol. The Morgan fingerprint density at radius 1 is 1.13 bits per heavy atom. The third-order valence-electron chi connectivity index (χ3n) is 4.36.